The van der Waals surface area contributed by atoms with Gasteiger partial charge in [-0.15, -0.1) is 0 Å². The fourth-order valence-electron chi connectivity index (χ4n) is 8.11. The molecule has 0 saturated carbocycles. The van der Waals surface area contributed by atoms with Crippen molar-refractivity contribution >= 4 is 13.4 Å². The summed E-state index contributed by atoms with van der Waals surface area (Å²) in [6.45, 7) is 4.44. The predicted octanol–water partition coefficient (Wildman–Crippen LogP) is 6.62. The highest BCUT2D eigenvalue weighted by atomic mass is 14.6. The third-order valence-electron chi connectivity index (χ3n) is 9.16. The van der Waals surface area contributed by atoms with Crippen LogP contribution in [-0.4, -0.2) is 19.5 Å². The van der Waals surface area contributed by atoms with Gasteiger partial charge in [-0.1, -0.05) is 119 Å². The summed E-state index contributed by atoms with van der Waals surface area (Å²) >= 11 is 0. The van der Waals surface area contributed by atoms with Crippen LogP contribution in [0.25, 0.3) is 0 Å². The lowest BCUT2D eigenvalue weighted by Crippen LogP contribution is -2.49. The summed E-state index contributed by atoms with van der Waals surface area (Å²) in [4.78, 5) is 0. The van der Waals surface area contributed by atoms with E-state index in [0.717, 1.165) is 42.4 Å². The van der Waals surface area contributed by atoms with Gasteiger partial charge in [-0.3, -0.25) is 0 Å². The van der Waals surface area contributed by atoms with E-state index in [1.54, 1.807) is 51.4 Å². The summed E-state index contributed by atoms with van der Waals surface area (Å²) in [7, 11) is 0. The molecule has 2 N–H and O–H groups in total. The Morgan fingerprint density at radius 1 is 0.680 bits per heavy atom. The van der Waals surface area contributed by atoms with Crippen LogP contribution in [-0.2, 0) is 0 Å². The Balaban J connectivity index is 1.57. The van der Waals surface area contributed by atoms with Gasteiger partial charge in [0, 0.05) is 6.04 Å². The van der Waals surface area contributed by atoms with Crippen LogP contribution in [0.3, 0.4) is 0 Å². The van der Waals surface area contributed by atoms with Crippen molar-refractivity contribution in [3.05, 3.63) is 0 Å². The summed E-state index contributed by atoms with van der Waals surface area (Å²) in [6, 6.07) is 0.453. The smallest absolute Gasteiger partial charge is 0.142 e. The minimum atomic E-state index is 0.453. The molecule has 3 heteroatoms. The van der Waals surface area contributed by atoms with E-state index in [1.165, 1.54) is 44.9 Å². The monoisotopic (exact) mass is 341 g/mol. The summed E-state index contributed by atoms with van der Waals surface area (Å²) in [5.74, 6) is 4.33. The number of hydrogen-bond donors (Lipinski definition) is 1. The lowest BCUT2D eigenvalue weighted by molar-refractivity contribution is 0.418. The summed E-state index contributed by atoms with van der Waals surface area (Å²) in [5.41, 5.74) is 7.44. The Morgan fingerprint density at radius 3 is 1.36 bits per heavy atom. The highest BCUT2D eigenvalue weighted by Crippen LogP contribution is 2.58. The molecule has 4 heterocycles. The molecular weight excluding hydrogens is 300 g/mol. The van der Waals surface area contributed by atoms with Crippen molar-refractivity contribution in [1.29, 1.82) is 0 Å². The molecular formula is C22H41B2N. The molecule has 0 radical (unpaired) electrons. The van der Waals surface area contributed by atoms with Crippen LogP contribution < -0.4 is 5.73 Å². The molecule has 0 aromatic carbocycles. The van der Waals surface area contributed by atoms with Gasteiger partial charge < -0.3 is 5.73 Å². The van der Waals surface area contributed by atoms with Gasteiger partial charge in [0.2, 0.25) is 0 Å². The van der Waals surface area contributed by atoms with E-state index < -0.39 is 0 Å². The topological polar surface area (TPSA) is 26.0 Å². The first-order valence-corrected chi connectivity index (χ1v) is 12.0. The fourth-order valence-corrected chi connectivity index (χ4v) is 8.11. The number of hydrogen-bond acceptors (Lipinski definition) is 1. The number of nitrogens with two attached hydrogens (primary N) is 1. The summed E-state index contributed by atoms with van der Waals surface area (Å²) in [6.07, 6.45) is 22.5. The van der Waals surface area contributed by atoms with Gasteiger partial charge >= 0.3 is 0 Å². The van der Waals surface area contributed by atoms with Crippen molar-refractivity contribution in [2.45, 2.75) is 138 Å². The van der Waals surface area contributed by atoms with Crippen LogP contribution in [0.2, 0.25) is 29.0 Å². The second-order valence-electron chi connectivity index (χ2n) is 10.3. The van der Waals surface area contributed by atoms with Crippen LogP contribution in [0, 0.1) is 0 Å². The van der Waals surface area contributed by atoms with Gasteiger partial charge in [0.1, 0.15) is 13.4 Å². The average Bonchev–Trinajstić information content (AvgIpc) is 2.61. The van der Waals surface area contributed by atoms with Gasteiger partial charge in [-0.2, -0.15) is 0 Å². The zero-order valence-electron chi connectivity index (χ0n) is 16.8. The molecule has 4 rings (SSSR count). The zero-order valence-corrected chi connectivity index (χ0v) is 16.8. The number of fused-ring (bicyclic) bond motifs is 4. The van der Waals surface area contributed by atoms with Crippen molar-refractivity contribution in [2.24, 2.45) is 5.73 Å². The molecule has 4 bridgehead atoms. The molecule has 4 aliphatic rings. The first kappa shape index (κ1) is 18.5. The summed E-state index contributed by atoms with van der Waals surface area (Å²) in [5, 5.41) is 0. The second kappa shape index (κ2) is 8.41. The lowest BCUT2D eigenvalue weighted by Gasteiger charge is -2.52. The van der Waals surface area contributed by atoms with Crippen molar-refractivity contribution in [3.8, 4) is 0 Å². The van der Waals surface area contributed by atoms with Gasteiger partial charge in [-0.25, -0.2) is 0 Å². The molecule has 0 aromatic rings. The van der Waals surface area contributed by atoms with E-state index in [2.05, 4.69) is 6.92 Å². The standard InChI is InChI=1S/C22H41B2N/c1-2-21(25)15-16-22(23-17-7-3-8-18(23)10-4-9-17)24-19-11-5-12-20(24)14-6-13-19/h17-22H,2-16,25H2,1H3. The number of rotatable bonds is 6. The molecule has 4 aliphatic heterocycles. The Hall–Kier alpha value is 0.0899. The van der Waals surface area contributed by atoms with Crippen LogP contribution >= 0.6 is 0 Å². The Morgan fingerprint density at radius 2 is 1.04 bits per heavy atom. The van der Waals surface area contributed by atoms with Crippen molar-refractivity contribution in [1.82, 2.24) is 0 Å². The first-order chi connectivity index (χ1) is 12.3. The molecule has 1 atom stereocenters. The van der Waals surface area contributed by atoms with Crippen LogP contribution in [0.1, 0.15) is 103 Å². The van der Waals surface area contributed by atoms with E-state index in [-0.39, 0.29) is 0 Å². The molecule has 25 heavy (non-hydrogen) atoms. The fraction of sp³-hybridized carbons (Fsp3) is 1.00. The van der Waals surface area contributed by atoms with Crippen LogP contribution in [0.5, 0.6) is 0 Å². The SMILES string of the molecule is CCC(N)CCC(B1C2CCCC1CCC2)B1C2CCCC1CCC2. The molecule has 4 fully saturated rings. The third kappa shape index (κ3) is 3.87. The quantitative estimate of drug-likeness (QED) is 0.540. The van der Waals surface area contributed by atoms with Gasteiger partial charge in [0.25, 0.3) is 0 Å². The van der Waals surface area contributed by atoms with Gasteiger partial charge in [0.05, 0.1) is 0 Å². The van der Waals surface area contributed by atoms with Crippen LogP contribution in [0.4, 0.5) is 0 Å². The molecule has 0 spiro atoms. The first-order valence-electron chi connectivity index (χ1n) is 12.0. The maximum absolute atomic E-state index is 6.41. The van der Waals surface area contributed by atoms with Crippen molar-refractivity contribution in [2.75, 3.05) is 0 Å². The molecule has 1 nitrogen and oxygen atoms in total. The highest BCUT2D eigenvalue weighted by Gasteiger charge is 2.51. The minimum Gasteiger partial charge on any atom is -0.328 e. The Bertz CT molecular complexity index is 352. The molecule has 0 aromatic heterocycles. The Labute approximate surface area is 157 Å². The van der Waals surface area contributed by atoms with E-state index in [1.807, 2.05) is 0 Å². The largest absolute Gasteiger partial charge is 0.328 e. The maximum atomic E-state index is 6.41. The Kier molecular flexibility index (Phi) is 6.20. The predicted molar refractivity (Wildman–Crippen MR) is 113 cm³/mol. The minimum absolute atomic E-state index is 0.453. The van der Waals surface area contributed by atoms with Crippen molar-refractivity contribution < 1.29 is 0 Å². The summed E-state index contributed by atoms with van der Waals surface area (Å²) < 4.78 is 0. The van der Waals surface area contributed by atoms with Gasteiger partial charge in [-0.05, 0) is 12.8 Å². The third-order valence-corrected chi connectivity index (χ3v) is 9.16. The van der Waals surface area contributed by atoms with Crippen LogP contribution in [0.15, 0.2) is 0 Å². The van der Waals surface area contributed by atoms with E-state index in [9.17, 15) is 0 Å². The van der Waals surface area contributed by atoms with E-state index in [0.29, 0.717) is 6.04 Å². The van der Waals surface area contributed by atoms with E-state index >= 15 is 0 Å². The highest BCUT2D eigenvalue weighted by molar-refractivity contribution is 6.83. The normalized spacial score (nSPS) is 37.7. The average molecular weight is 341 g/mol. The molecule has 0 aliphatic carbocycles. The molecule has 0 amide bonds. The van der Waals surface area contributed by atoms with Gasteiger partial charge in [0.15, 0.2) is 0 Å². The van der Waals surface area contributed by atoms with E-state index in [4.69, 9.17) is 5.73 Å². The zero-order chi connectivity index (χ0) is 17.2. The molecule has 4 saturated heterocycles. The molecule has 140 valence electrons. The second-order valence-corrected chi connectivity index (χ2v) is 10.3. The van der Waals surface area contributed by atoms with Crippen molar-refractivity contribution in [3.63, 3.8) is 0 Å². The lowest BCUT2D eigenvalue weighted by atomic mass is 9.06. The molecule has 1 unspecified atom stereocenters. The maximum Gasteiger partial charge on any atom is 0.142 e.